The molecule has 34 heavy (non-hydrogen) atoms. The molecule has 6 aromatic rings. The normalized spacial score (nSPS) is 11.5. The quantitative estimate of drug-likeness (QED) is 0.300. The molecule has 5 aromatic heterocycles. The largest absolute Gasteiger partial charge is 0.382 e. The van der Waals surface area contributed by atoms with Gasteiger partial charge in [-0.15, -0.1) is 0 Å². The molecule has 7 heteroatoms. The smallest absolute Gasteiger partial charge is 0.135 e. The molecule has 0 aliphatic rings. The SMILES string of the molecule is CC(C)Nc1cncc(-c2ccc3[nH]nc(-c4cc5c(-c6cccnc6)cccc5[nH]4)c3n2)c1. The maximum absolute atomic E-state index is 4.96. The third-order valence-electron chi connectivity index (χ3n) is 5.79. The molecule has 0 bridgehead atoms. The molecule has 0 fully saturated rings. The number of aromatic nitrogens is 6. The van der Waals surface area contributed by atoms with Crippen LogP contribution in [0.2, 0.25) is 0 Å². The molecule has 0 saturated heterocycles. The van der Waals surface area contributed by atoms with E-state index in [-0.39, 0.29) is 0 Å². The van der Waals surface area contributed by atoms with Gasteiger partial charge in [0.2, 0.25) is 0 Å². The van der Waals surface area contributed by atoms with Gasteiger partial charge in [0.05, 0.1) is 22.6 Å². The van der Waals surface area contributed by atoms with Gasteiger partial charge in [-0.1, -0.05) is 18.2 Å². The number of pyridine rings is 3. The Labute approximate surface area is 196 Å². The van der Waals surface area contributed by atoms with Gasteiger partial charge >= 0.3 is 0 Å². The van der Waals surface area contributed by atoms with Gasteiger partial charge < -0.3 is 10.3 Å². The molecule has 0 aliphatic heterocycles. The molecule has 0 amide bonds. The van der Waals surface area contributed by atoms with Crippen LogP contribution >= 0.6 is 0 Å². The summed E-state index contributed by atoms with van der Waals surface area (Å²) in [7, 11) is 0. The highest BCUT2D eigenvalue weighted by Gasteiger charge is 2.15. The average molecular weight is 446 g/mol. The zero-order chi connectivity index (χ0) is 23.1. The second kappa shape index (κ2) is 8.12. The van der Waals surface area contributed by atoms with Gasteiger partial charge in [-0.3, -0.25) is 15.1 Å². The van der Waals surface area contributed by atoms with Gasteiger partial charge in [-0.05, 0) is 55.8 Å². The fourth-order valence-electron chi connectivity index (χ4n) is 4.30. The zero-order valence-corrected chi connectivity index (χ0v) is 18.9. The zero-order valence-electron chi connectivity index (χ0n) is 18.9. The molecule has 6 rings (SSSR count). The van der Waals surface area contributed by atoms with Gasteiger partial charge in [-0.25, -0.2) is 4.98 Å². The van der Waals surface area contributed by atoms with Crippen LogP contribution < -0.4 is 5.32 Å². The maximum Gasteiger partial charge on any atom is 0.135 e. The Balaban J connectivity index is 1.45. The van der Waals surface area contributed by atoms with Crippen LogP contribution in [-0.2, 0) is 0 Å². The first-order valence-corrected chi connectivity index (χ1v) is 11.3. The van der Waals surface area contributed by atoms with Crippen molar-refractivity contribution in [3.63, 3.8) is 0 Å². The molecule has 0 aliphatic carbocycles. The Morgan fingerprint density at radius 1 is 0.853 bits per heavy atom. The van der Waals surface area contributed by atoms with E-state index in [2.05, 4.69) is 80.7 Å². The van der Waals surface area contributed by atoms with E-state index in [1.807, 2.05) is 36.8 Å². The summed E-state index contributed by atoms with van der Waals surface area (Å²) in [5.74, 6) is 0. The summed E-state index contributed by atoms with van der Waals surface area (Å²) in [4.78, 5) is 17.2. The van der Waals surface area contributed by atoms with E-state index in [4.69, 9.17) is 4.98 Å². The monoisotopic (exact) mass is 445 g/mol. The number of rotatable bonds is 5. The summed E-state index contributed by atoms with van der Waals surface area (Å²) >= 11 is 0. The summed E-state index contributed by atoms with van der Waals surface area (Å²) in [5.41, 5.74) is 9.42. The lowest BCUT2D eigenvalue weighted by Gasteiger charge is -2.10. The minimum Gasteiger partial charge on any atom is -0.382 e. The van der Waals surface area contributed by atoms with E-state index in [0.717, 1.165) is 61.4 Å². The average Bonchev–Trinajstić information content (AvgIpc) is 3.48. The summed E-state index contributed by atoms with van der Waals surface area (Å²) in [6.07, 6.45) is 7.34. The van der Waals surface area contributed by atoms with Crippen LogP contribution in [0, 0.1) is 0 Å². The van der Waals surface area contributed by atoms with Crippen LogP contribution in [0.3, 0.4) is 0 Å². The Morgan fingerprint density at radius 3 is 2.62 bits per heavy atom. The summed E-state index contributed by atoms with van der Waals surface area (Å²) in [6, 6.07) is 18.8. The lowest BCUT2D eigenvalue weighted by atomic mass is 10.0. The lowest BCUT2D eigenvalue weighted by molar-refractivity contribution is 0.898. The number of anilines is 1. The highest BCUT2D eigenvalue weighted by molar-refractivity contribution is 6.00. The van der Waals surface area contributed by atoms with E-state index >= 15 is 0 Å². The minimum absolute atomic E-state index is 0.325. The van der Waals surface area contributed by atoms with Gasteiger partial charge in [0.1, 0.15) is 11.2 Å². The topological polar surface area (TPSA) is 95.2 Å². The van der Waals surface area contributed by atoms with Crippen molar-refractivity contribution in [2.24, 2.45) is 0 Å². The van der Waals surface area contributed by atoms with Crippen molar-refractivity contribution in [1.29, 1.82) is 0 Å². The van der Waals surface area contributed by atoms with Crippen LogP contribution in [0.5, 0.6) is 0 Å². The van der Waals surface area contributed by atoms with Crippen molar-refractivity contribution >= 4 is 27.6 Å². The van der Waals surface area contributed by atoms with Crippen LogP contribution in [0.1, 0.15) is 13.8 Å². The van der Waals surface area contributed by atoms with Gasteiger partial charge in [0.25, 0.3) is 0 Å². The van der Waals surface area contributed by atoms with Crippen LogP contribution in [-0.4, -0.2) is 36.2 Å². The number of hydrogen-bond donors (Lipinski definition) is 3. The first-order chi connectivity index (χ1) is 16.7. The third-order valence-corrected chi connectivity index (χ3v) is 5.79. The number of H-pyrrole nitrogens is 2. The predicted octanol–water partition coefficient (Wildman–Crippen LogP) is 6.05. The number of aromatic amines is 2. The molecule has 0 saturated carbocycles. The predicted molar refractivity (Wildman–Crippen MR) is 136 cm³/mol. The molecule has 0 atom stereocenters. The molecule has 1 aromatic carbocycles. The second-order valence-electron chi connectivity index (χ2n) is 8.62. The molecular formula is C27H23N7. The van der Waals surface area contributed by atoms with Crippen LogP contribution in [0.25, 0.3) is 55.7 Å². The fourth-order valence-corrected chi connectivity index (χ4v) is 4.30. The number of fused-ring (bicyclic) bond motifs is 2. The number of nitrogens with zero attached hydrogens (tertiary/aromatic N) is 4. The highest BCUT2D eigenvalue weighted by Crippen LogP contribution is 2.34. The third kappa shape index (κ3) is 3.57. The molecule has 0 spiro atoms. The summed E-state index contributed by atoms with van der Waals surface area (Å²) in [6.45, 7) is 4.21. The van der Waals surface area contributed by atoms with E-state index in [1.165, 1.54) is 0 Å². The van der Waals surface area contributed by atoms with E-state index in [9.17, 15) is 0 Å². The second-order valence-corrected chi connectivity index (χ2v) is 8.62. The van der Waals surface area contributed by atoms with E-state index in [1.54, 1.807) is 6.20 Å². The maximum atomic E-state index is 4.96. The Bertz CT molecular complexity index is 1610. The van der Waals surface area contributed by atoms with Crippen molar-refractivity contribution in [3.8, 4) is 33.8 Å². The van der Waals surface area contributed by atoms with Gasteiger partial charge in [-0.2, -0.15) is 5.10 Å². The first kappa shape index (κ1) is 20.1. The first-order valence-electron chi connectivity index (χ1n) is 11.3. The number of benzene rings is 1. The highest BCUT2D eigenvalue weighted by atomic mass is 15.1. The number of hydrogen-bond acceptors (Lipinski definition) is 5. The number of nitrogens with one attached hydrogen (secondary N) is 3. The van der Waals surface area contributed by atoms with Crippen LogP contribution in [0.15, 0.2) is 79.4 Å². The lowest BCUT2D eigenvalue weighted by Crippen LogP contribution is -2.09. The molecule has 3 N–H and O–H groups in total. The Morgan fingerprint density at radius 2 is 1.76 bits per heavy atom. The Hall–Kier alpha value is -4.52. The molecule has 0 unspecified atom stereocenters. The Kier molecular flexibility index (Phi) is 4.80. The fraction of sp³-hybridized carbons (Fsp3) is 0.111. The van der Waals surface area contributed by atoms with Crippen molar-refractivity contribution in [2.75, 3.05) is 5.32 Å². The molecular weight excluding hydrogens is 422 g/mol. The molecule has 166 valence electrons. The van der Waals surface area contributed by atoms with Gasteiger partial charge in [0, 0.05) is 52.9 Å². The molecule has 0 radical (unpaired) electrons. The standard InChI is InChI=1S/C27H23N7/c1-16(2)30-19-11-18(14-29-15-19)22-8-9-24-26(32-22)27(34-33-24)25-12-21-20(6-3-7-23(21)31-25)17-5-4-10-28-13-17/h3-16,30-31H,1-2H3,(H,33,34). The van der Waals surface area contributed by atoms with Crippen molar-refractivity contribution in [3.05, 3.63) is 79.4 Å². The van der Waals surface area contributed by atoms with E-state index < -0.39 is 0 Å². The molecule has 5 heterocycles. The summed E-state index contributed by atoms with van der Waals surface area (Å²) in [5, 5.41) is 12.2. The molecule has 7 nitrogen and oxygen atoms in total. The van der Waals surface area contributed by atoms with Gasteiger partial charge in [0.15, 0.2) is 0 Å². The minimum atomic E-state index is 0.325. The van der Waals surface area contributed by atoms with Crippen LogP contribution in [0.4, 0.5) is 5.69 Å². The van der Waals surface area contributed by atoms with Crippen molar-refractivity contribution in [1.82, 2.24) is 30.1 Å². The van der Waals surface area contributed by atoms with Crippen molar-refractivity contribution in [2.45, 2.75) is 19.9 Å². The van der Waals surface area contributed by atoms with E-state index in [0.29, 0.717) is 6.04 Å². The van der Waals surface area contributed by atoms with Crippen molar-refractivity contribution < 1.29 is 0 Å². The summed E-state index contributed by atoms with van der Waals surface area (Å²) < 4.78 is 0.